The van der Waals surface area contributed by atoms with Gasteiger partial charge in [-0.25, -0.2) is 4.99 Å². The highest BCUT2D eigenvalue weighted by Gasteiger charge is 2.04. The summed E-state index contributed by atoms with van der Waals surface area (Å²) in [5, 5.41) is 2.97. The lowest BCUT2D eigenvalue weighted by atomic mass is 10.1. The molecule has 0 spiro atoms. The van der Waals surface area contributed by atoms with Gasteiger partial charge in [-0.05, 0) is 25.5 Å². The molecule has 3 N–H and O–H groups in total. The Kier molecular flexibility index (Phi) is 10.2. The van der Waals surface area contributed by atoms with Crippen molar-refractivity contribution in [3.63, 3.8) is 0 Å². The molecule has 0 aliphatic rings. The third kappa shape index (κ3) is 6.95. The molecule has 0 unspecified atom stereocenters. The van der Waals surface area contributed by atoms with Crippen LogP contribution in [0.5, 0.6) is 5.75 Å². The van der Waals surface area contributed by atoms with Crippen molar-refractivity contribution < 1.29 is 9.47 Å². The summed E-state index contributed by atoms with van der Waals surface area (Å²) in [6, 6.07) is 6.06. The number of hydrogen-bond donors (Lipinski definition) is 2. The van der Waals surface area contributed by atoms with Crippen LogP contribution in [0.1, 0.15) is 18.1 Å². The second-order valence-corrected chi connectivity index (χ2v) is 4.18. The Morgan fingerprint density at radius 2 is 2.10 bits per heavy atom. The van der Waals surface area contributed by atoms with Crippen molar-refractivity contribution >= 4 is 29.9 Å². The van der Waals surface area contributed by atoms with Crippen molar-refractivity contribution in [3.05, 3.63) is 29.3 Å². The van der Waals surface area contributed by atoms with E-state index in [0.29, 0.717) is 25.7 Å². The van der Waals surface area contributed by atoms with Gasteiger partial charge in [0.1, 0.15) is 12.4 Å². The molecule has 0 aliphatic carbocycles. The van der Waals surface area contributed by atoms with Gasteiger partial charge < -0.3 is 20.5 Å². The molecule has 0 fully saturated rings. The molecule has 0 atom stereocenters. The van der Waals surface area contributed by atoms with E-state index in [9.17, 15) is 0 Å². The summed E-state index contributed by atoms with van der Waals surface area (Å²) in [5.74, 6) is 1.29. The highest BCUT2D eigenvalue weighted by atomic mass is 127. The molecule has 114 valence electrons. The molecule has 0 radical (unpaired) electrons. The maximum atomic E-state index is 5.71. The molecular formula is C14H24IN3O2. The minimum Gasteiger partial charge on any atom is -0.491 e. The van der Waals surface area contributed by atoms with Gasteiger partial charge in [0.05, 0.1) is 13.2 Å². The number of aliphatic imine (C=N–C) groups is 1. The zero-order chi connectivity index (χ0) is 14.1. The number of methoxy groups -OCH3 is 1. The number of aryl methyl sites for hydroxylation is 1. The molecule has 0 heterocycles. The van der Waals surface area contributed by atoms with Gasteiger partial charge in [0.25, 0.3) is 0 Å². The fraction of sp³-hybridized carbons (Fsp3) is 0.500. The van der Waals surface area contributed by atoms with Crippen LogP contribution in [0.25, 0.3) is 0 Å². The predicted molar refractivity (Wildman–Crippen MR) is 93.0 cm³/mol. The largest absolute Gasteiger partial charge is 0.491 e. The number of hydrogen-bond acceptors (Lipinski definition) is 3. The average molecular weight is 393 g/mol. The molecule has 1 rings (SSSR count). The maximum Gasteiger partial charge on any atom is 0.188 e. The molecule has 0 amide bonds. The second kappa shape index (κ2) is 10.7. The maximum absolute atomic E-state index is 5.71. The summed E-state index contributed by atoms with van der Waals surface area (Å²) in [7, 11) is 1.65. The van der Waals surface area contributed by atoms with E-state index in [1.54, 1.807) is 7.11 Å². The van der Waals surface area contributed by atoms with Crippen LogP contribution in [0.15, 0.2) is 23.2 Å². The van der Waals surface area contributed by atoms with Gasteiger partial charge in [-0.15, -0.1) is 24.0 Å². The quantitative estimate of drug-likeness (QED) is 0.322. The number of rotatable bonds is 7. The minimum atomic E-state index is 0. The van der Waals surface area contributed by atoms with Crippen LogP contribution >= 0.6 is 24.0 Å². The van der Waals surface area contributed by atoms with Crippen molar-refractivity contribution in [2.75, 3.05) is 26.9 Å². The molecule has 1 aromatic rings. The van der Waals surface area contributed by atoms with Gasteiger partial charge in [0.2, 0.25) is 0 Å². The Morgan fingerprint density at radius 3 is 2.75 bits per heavy atom. The molecule has 0 bridgehead atoms. The topological polar surface area (TPSA) is 68.9 Å². The Labute approximate surface area is 138 Å². The first-order valence-electron chi connectivity index (χ1n) is 6.42. The number of guanidine groups is 1. The molecule has 6 heteroatoms. The van der Waals surface area contributed by atoms with E-state index < -0.39 is 0 Å². The van der Waals surface area contributed by atoms with Gasteiger partial charge in [-0.1, -0.05) is 12.1 Å². The van der Waals surface area contributed by atoms with Crippen LogP contribution in [-0.4, -0.2) is 32.8 Å². The fourth-order valence-corrected chi connectivity index (χ4v) is 1.57. The smallest absolute Gasteiger partial charge is 0.188 e. The normalized spacial score (nSPS) is 10.8. The van der Waals surface area contributed by atoms with Crippen molar-refractivity contribution in [2.45, 2.75) is 20.4 Å². The molecular weight excluding hydrogens is 369 g/mol. The zero-order valence-electron chi connectivity index (χ0n) is 12.3. The van der Waals surface area contributed by atoms with E-state index in [0.717, 1.165) is 23.4 Å². The Balaban J connectivity index is 0.00000361. The summed E-state index contributed by atoms with van der Waals surface area (Å²) >= 11 is 0. The summed E-state index contributed by atoms with van der Waals surface area (Å²) in [4.78, 5) is 4.27. The summed E-state index contributed by atoms with van der Waals surface area (Å²) in [6.45, 7) is 6.37. The number of nitrogens with one attached hydrogen (secondary N) is 1. The standard InChI is InChI=1S/C14H23N3O2.HI/c1-4-16-14(15)17-10-12-6-5-11(2)9-13(12)19-8-7-18-3;/h5-6,9H,4,7-8,10H2,1-3H3,(H3,15,16,17);1H. The molecule has 0 saturated carbocycles. The predicted octanol–water partition coefficient (Wildman–Crippen LogP) is 2.06. The molecule has 0 aromatic heterocycles. The number of halogens is 1. The lowest BCUT2D eigenvalue weighted by molar-refractivity contribution is 0.146. The minimum absolute atomic E-state index is 0. The van der Waals surface area contributed by atoms with E-state index in [4.69, 9.17) is 15.2 Å². The van der Waals surface area contributed by atoms with E-state index in [1.807, 2.05) is 32.0 Å². The van der Waals surface area contributed by atoms with Crippen LogP contribution in [0, 0.1) is 6.92 Å². The first kappa shape index (κ1) is 19.0. The monoisotopic (exact) mass is 393 g/mol. The van der Waals surface area contributed by atoms with Crippen molar-refractivity contribution in [2.24, 2.45) is 10.7 Å². The van der Waals surface area contributed by atoms with Crippen LogP contribution in [-0.2, 0) is 11.3 Å². The Bertz CT molecular complexity index is 425. The van der Waals surface area contributed by atoms with Crippen LogP contribution < -0.4 is 15.8 Å². The molecule has 0 aliphatic heterocycles. The van der Waals surface area contributed by atoms with E-state index in [1.165, 1.54) is 0 Å². The second-order valence-electron chi connectivity index (χ2n) is 4.18. The van der Waals surface area contributed by atoms with E-state index in [2.05, 4.69) is 10.3 Å². The highest BCUT2D eigenvalue weighted by molar-refractivity contribution is 14.0. The van der Waals surface area contributed by atoms with E-state index in [-0.39, 0.29) is 24.0 Å². The highest BCUT2D eigenvalue weighted by Crippen LogP contribution is 2.21. The average Bonchev–Trinajstić information content (AvgIpc) is 2.38. The van der Waals surface area contributed by atoms with Crippen LogP contribution in [0.4, 0.5) is 0 Å². The molecule has 1 aromatic carbocycles. The number of nitrogens with two attached hydrogens (primary N) is 1. The van der Waals surface area contributed by atoms with Gasteiger partial charge >= 0.3 is 0 Å². The fourth-order valence-electron chi connectivity index (χ4n) is 1.57. The van der Waals surface area contributed by atoms with Crippen molar-refractivity contribution in [1.82, 2.24) is 5.32 Å². The van der Waals surface area contributed by atoms with Gasteiger partial charge in [0, 0.05) is 19.2 Å². The number of nitrogens with zero attached hydrogens (tertiary/aromatic N) is 1. The number of ether oxygens (including phenoxy) is 2. The molecule has 0 saturated heterocycles. The summed E-state index contributed by atoms with van der Waals surface area (Å²) < 4.78 is 10.7. The Morgan fingerprint density at radius 1 is 1.35 bits per heavy atom. The van der Waals surface area contributed by atoms with Crippen LogP contribution in [0.3, 0.4) is 0 Å². The molecule has 5 nitrogen and oxygen atoms in total. The lowest BCUT2D eigenvalue weighted by Crippen LogP contribution is -2.31. The number of benzene rings is 1. The third-order valence-corrected chi connectivity index (χ3v) is 2.55. The first-order valence-corrected chi connectivity index (χ1v) is 6.42. The summed E-state index contributed by atoms with van der Waals surface area (Å²) in [6.07, 6.45) is 0. The van der Waals surface area contributed by atoms with Gasteiger partial charge in [-0.3, -0.25) is 0 Å². The SMILES string of the molecule is CCNC(N)=NCc1ccc(C)cc1OCCOC.I. The van der Waals surface area contributed by atoms with Crippen LogP contribution in [0.2, 0.25) is 0 Å². The molecule has 20 heavy (non-hydrogen) atoms. The van der Waals surface area contributed by atoms with E-state index >= 15 is 0 Å². The lowest BCUT2D eigenvalue weighted by Gasteiger charge is -2.11. The van der Waals surface area contributed by atoms with Crippen molar-refractivity contribution in [3.8, 4) is 5.75 Å². The Hall–Kier alpha value is -1.02. The first-order chi connectivity index (χ1) is 9.17. The van der Waals surface area contributed by atoms with Crippen molar-refractivity contribution in [1.29, 1.82) is 0 Å². The van der Waals surface area contributed by atoms with Gasteiger partial charge in [-0.2, -0.15) is 0 Å². The third-order valence-electron chi connectivity index (χ3n) is 2.55. The summed E-state index contributed by atoms with van der Waals surface area (Å²) in [5.41, 5.74) is 7.88. The zero-order valence-corrected chi connectivity index (χ0v) is 14.6. The van der Waals surface area contributed by atoms with Gasteiger partial charge in [0.15, 0.2) is 5.96 Å².